The SMILES string of the molecule is CC[Si](CC)(CC)CCC(=O)N(C)C. The normalized spacial score (nSPS) is 11.5. The lowest BCUT2D eigenvalue weighted by atomic mass is 10.4. The summed E-state index contributed by atoms with van der Waals surface area (Å²) in [5, 5.41) is 0. The lowest BCUT2D eigenvalue weighted by Crippen LogP contribution is -2.33. The first kappa shape index (κ1) is 13.7. The van der Waals surface area contributed by atoms with Gasteiger partial charge in [-0.3, -0.25) is 4.79 Å². The van der Waals surface area contributed by atoms with Crippen molar-refractivity contribution in [3.05, 3.63) is 0 Å². The first-order valence-corrected chi connectivity index (χ1v) is 8.54. The van der Waals surface area contributed by atoms with Crippen molar-refractivity contribution in [2.45, 2.75) is 51.4 Å². The van der Waals surface area contributed by atoms with E-state index in [1.54, 1.807) is 4.90 Å². The Balaban J connectivity index is 4.12. The Hall–Kier alpha value is -0.313. The van der Waals surface area contributed by atoms with Crippen LogP contribution in [-0.2, 0) is 4.79 Å². The van der Waals surface area contributed by atoms with E-state index >= 15 is 0 Å². The molecule has 0 radical (unpaired) electrons. The number of amides is 1. The van der Waals surface area contributed by atoms with Crippen LogP contribution in [0.2, 0.25) is 24.2 Å². The molecular weight excluding hydrogens is 190 g/mol. The van der Waals surface area contributed by atoms with Gasteiger partial charge in [-0.1, -0.05) is 38.9 Å². The molecule has 0 saturated heterocycles. The summed E-state index contributed by atoms with van der Waals surface area (Å²) in [5.74, 6) is 0.289. The zero-order chi connectivity index (χ0) is 11.2. The summed E-state index contributed by atoms with van der Waals surface area (Å²) in [6.07, 6.45) is 0.759. The van der Waals surface area contributed by atoms with Gasteiger partial charge in [0.15, 0.2) is 0 Å². The molecule has 0 bridgehead atoms. The van der Waals surface area contributed by atoms with Crippen molar-refractivity contribution in [1.82, 2.24) is 4.90 Å². The molecule has 3 heteroatoms. The van der Waals surface area contributed by atoms with E-state index < -0.39 is 8.07 Å². The zero-order valence-corrected chi connectivity index (χ0v) is 11.4. The summed E-state index contributed by atoms with van der Waals surface area (Å²) in [6, 6.07) is 5.13. The first-order chi connectivity index (χ1) is 6.51. The molecule has 0 atom stereocenters. The Labute approximate surface area is 89.7 Å². The Bertz CT molecular complexity index is 168. The van der Waals surface area contributed by atoms with Crippen molar-refractivity contribution in [3.8, 4) is 0 Å². The second-order valence-electron chi connectivity index (χ2n) is 4.35. The molecule has 0 aliphatic carbocycles. The van der Waals surface area contributed by atoms with Gasteiger partial charge in [-0.05, 0) is 6.04 Å². The van der Waals surface area contributed by atoms with Crippen molar-refractivity contribution in [2.24, 2.45) is 0 Å². The molecule has 0 fully saturated rings. The van der Waals surface area contributed by atoms with E-state index in [9.17, 15) is 4.79 Å². The molecule has 0 unspecified atom stereocenters. The number of rotatable bonds is 6. The first-order valence-electron chi connectivity index (χ1n) is 5.71. The van der Waals surface area contributed by atoms with Gasteiger partial charge in [0.1, 0.15) is 0 Å². The molecule has 0 rings (SSSR count). The smallest absolute Gasteiger partial charge is 0.221 e. The van der Waals surface area contributed by atoms with Crippen LogP contribution < -0.4 is 0 Å². The number of hydrogen-bond acceptors (Lipinski definition) is 1. The van der Waals surface area contributed by atoms with Gasteiger partial charge < -0.3 is 4.90 Å². The molecule has 0 aliphatic rings. The Kier molecular flexibility index (Phi) is 6.08. The van der Waals surface area contributed by atoms with E-state index in [4.69, 9.17) is 0 Å². The van der Waals surface area contributed by atoms with Crippen LogP contribution in [0.3, 0.4) is 0 Å². The van der Waals surface area contributed by atoms with Crippen LogP contribution in [0.4, 0.5) is 0 Å². The fourth-order valence-corrected chi connectivity index (χ4v) is 5.18. The van der Waals surface area contributed by atoms with Crippen molar-refractivity contribution >= 4 is 14.0 Å². The third kappa shape index (κ3) is 3.82. The fourth-order valence-electron chi connectivity index (χ4n) is 1.88. The second-order valence-corrected chi connectivity index (χ2v) is 9.97. The molecule has 0 aliphatic heterocycles. The Morgan fingerprint density at radius 1 is 1.07 bits per heavy atom. The summed E-state index contributed by atoms with van der Waals surface area (Å²) >= 11 is 0. The van der Waals surface area contributed by atoms with Crippen molar-refractivity contribution < 1.29 is 4.79 Å². The molecule has 1 amide bonds. The number of hydrogen-bond donors (Lipinski definition) is 0. The largest absolute Gasteiger partial charge is 0.349 e. The molecule has 0 aromatic heterocycles. The highest BCUT2D eigenvalue weighted by Crippen LogP contribution is 2.26. The quantitative estimate of drug-likeness (QED) is 0.624. The van der Waals surface area contributed by atoms with E-state index in [1.165, 1.54) is 24.2 Å². The van der Waals surface area contributed by atoms with Crippen LogP contribution in [0.1, 0.15) is 27.2 Å². The van der Waals surface area contributed by atoms with Gasteiger partial charge in [-0.25, -0.2) is 0 Å². The molecule has 0 N–H and O–H groups in total. The monoisotopic (exact) mass is 215 g/mol. The molecule has 14 heavy (non-hydrogen) atoms. The molecular formula is C11H25NOSi. The Morgan fingerprint density at radius 2 is 1.50 bits per heavy atom. The molecule has 0 saturated carbocycles. The minimum absolute atomic E-state index is 0.289. The van der Waals surface area contributed by atoms with E-state index in [1.807, 2.05) is 14.1 Å². The van der Waals surface area contributed by atoms with Gasteiger partial charge >= 0.3 is 0 Å². The lowest BCUT2D eigenvalue weighted by molar-refractivity contribution is -0.128. The zero-order valence-electron chi connectivity index (χ0n) is 10.4. The van der Waals surface area contributed by atoms with Crippen LogP contribution >= 0.6 is 0 Å². The second kappa shape index (κ2) is 6.22. The Morgan fingerprint density at radius 3 is 1.79 bits per heavy atom. The minimum Gasteiger partial charge on any atom is -0.349 e. The number of carbonyl (C=O) groups excluding carboxylic acids is 1. The van der Waals surface area contributed by atoms with Crippen molar-refractivity contribution in [1.29, 1.82) is 0 Å². The summed E-state index contributed by atoms with van der Waals surface area (Å²) in [7, 11) is 2.61. The van der Waals surface area contributed by atoms with E-state index in [-0.39, 0.29) is 5.91 Å². The predicted octanol–water partition coefficient (Wildman–Crippen LogP) is 2.97. The van der Waals surface area contributed by atoms with Gasteiger partial charge in [-0.2, -0.15) is 0 Å². The third-order valence-electron chi connectivity index (χ3n) is 3.62. The van der Waals surface area contributed by atoms with Crippen LogP contribution in [0.5, 0.6) is 0 Å². The molecule has 2 nitrogen and oxygen atoms in total. The van der Waals surface area contributed by atoms with Crippen molar-refractivity contribution in [2.75, 3.05) is 14.1 Å². The third-order valence-corrected chi connectivity index (χ3v) is 9.43. The standard InChI is InChI=1S/C11H25NOSi/c1-6-14(7-2,8-3)10-9-11(13)12(4)5/h6-10H2,1-5H3. The highest BCUT2D eigenvalue weighted by Gasteiger charge is 2.27. The molecule has 0 aromatic carbocycles. The topological polar surface area (TPSA) is 20.3 Å². The lowest BCUT2D eigenvalue weighted by Gasteiger charge is -2.28. The van der Waals surface area contributed by atoms with Crippen LogP contribution in [0.25, 0.3) is 0 Å². The van der Waals surface area contributed by atoms with Gasteiger partial charge in [-0.15, -0.1) is 0 Å². The van der Waals surface area contributed by atoms with Crippen LogP contribution in [0.15, 0.2) is 0 Å². The summed E-state index contributed by atoms with van der Waals surface area (Å²) < 4.78 is 0. The predicted molar refractivity (Wildman–Crippen MR) is 65.3 cm³/mol. The minimum atomic E-state index is -1.07. The average molecular weight is 215 g/mol. The van der Waals surface area contributed by atoms with Crippen LogP contribution in [-0.4, -0.2) is 33.0 Å². The summed E-state index contributed by atoms with van der Waals surface area (Å²) in [5.41, 5.74) is 0. The summed E-state index contributed by atoms with van der Waals surface area (Å²) in [4.78, 5) is 13.2. The van der Waals surface area contributed by atoms with Gasteiger partial charge in [0.25, 0.3) is 0 Å². The number of carbonyl (C=O) groups is 1. The van der Waals surface area contributed by atoms with E-state index in [0.29, 0.717) is 0 Å². The van der Waals surface area contributed by atoms with Gasteiger partial charge in [0, 0.05) is 20.5 Å². The van der Waals surface area contributed by atoms with Gasteiger partial charge in [0.05, 0.1) is 8.07 Å². The molecule has 0 aromatic rings. The van der Waals surface area contributed by atoms with Crippen molar-refractivity contribution in [3.63, 3.8) is 0 Å². The van der Waals surface area contributed by atoms with E-state index in [2.05, 4.69) is 20.8 Å². The summed E-state index contributed by atoms with van der Waals surface area (Å²) in [6.45, 7) is 6.87. The maximum atomic E-state index is 11.5. The maximum absolute atomic E-state index is 11.5. The average Bonchev–Trinajstić information content (AvgIpc) is 2.20. The highest BCUT2D eigenvalue weighted by molar-refractivity contribution is 6.79. The molecule has 0 spiro atoms. The van der Waals surface area contributed by atoms with E-state index in [0.717, 1.165) is 6.42 Å². The maximum Gasteiger partial charge on any atom is 0.221 e. The molecule has 0 heterocycles. The highest BCUT2D eigenvalue weighted by atomic mass is 28.3. The molecule has 84 valence electrons. The fraction of sp³-hybridized carbons (Fsp3) is 0.909. The van der Waals surface area contributed by atoms with Gasteiger partial charge in [0.2, 0.25) is 5.91 Å². The van der Waals surface area contributed by atoms with Crippen LogP contribution in [0, 0.1) is 0 Å². The number of nitrogens with zero attached hydrogens (tertiary/aromatic N) is 1.